The van der Waals surface area contributed by atoms with Crippen LogP contribution >= 0.6 is 0 Å². The van der Waals surface area contributed by atoms with Gasteiger partial charge in [-0.25, -0.2) is 4.79 Å². The predicted molar refractivity (Wildman–Crippen MR) is 114 cm³/mol. The van der Waals surface area contributed by atoms with Gasteiger partial charge in [0.05, 0.1) is 31.0 Å². The third kappa shape index (κ3) is 4.51. The average Bonchev–Trinajstić information content (AvgIpc) is 2.76. The van der Waals surface area contributed by atoms with E-state index in [1.807, 2.05) is 30.3 Å². The second-order valence-corrected chi connectivity index (χ2v) is 6.97. The van der Waals surface area contributed by atoms with Crippen molar-refractivity contribution in [2.24, 2.45) is 5.92 Å². The van der Waals surface area contributed by atoms with E-state index in [4.69, 9.17) is 14.2 Å². The van der Waals surface area contributed by atoms with E-state index in [1.165, 1.54) is 20.3 Å². The van der Waals surface area contributed by atoms with Gasteiger partial charge in [-0.05, 0) is 6.07 Å². The molecule has 0 spiro atoms. The first-order valence-electron chi connectivity index (χ1n) is 9.51. The molecular weight excluding hydrogens is 384 g/mol. The molecule has 7 heteroatoms. The largest absolute Gasteiger partial charge is 0.493 e. The number of carbonyl (C=O) groups excluding carboxylic acids is 2. The zero-order chi connectivity index (χ0) is 21.7. The maximum absolute atomic E-state index is 12.9. The molecule has 0 saturated carbocycles. The van der Waals surface area contributed by atoms with Crippen LogP contribution in [0.5, 0.6) is 11.5 Å². The molecule has 0 fully saturated rings. The summed E-state index contributed by atoms with van der Waals surface area (Å²) in [7, 11) is 2.96. The Morgan fingerprint density at radius 2 is 1.73 bits per heavy atom. The Hall–Kier alpha value is -3.61. The van der Waals surface area contributed by atoms with Crippen molar-refractivity contribution in [2.45, 2.75) is 20.5 Å². The highest BCUT2D eigenvalue weighted by atomic mass is 16.5. The lowest BCUT2D eigenvalue weighted by atomic mass is 10.1. The van der Waals surface area contributed by atoms with Crippen molar-refractivity contribution < 1.29 is 23.8 Å². The molecule has 0 saturated heterocycles. The highest BCUT2D eigenvalue weighted by Gasteiger charge is 2.21. The first kappa shape index (κ1) is 21.1. The van der Waals surface area contributed by atoms with Gasteiger partial charge in [-0.2, -0.15) is 0 Å². The summed E-state index contributed by atoms with van der Waals surface area (Å²) in [6.07, 6.45) is 1.70. The number of nitrogens with zero attached hydrogens (tertiary/aromatic N) is 1. The van der Waals surface area contributed by atoms with Crippen molar-refractivity contribution in [3.8, 4) is 11.5 Å². The number of ether oxygens (including phenoxy) is 3. The van der Waals surface area contributed by atoms with Crippen molar-refractivity contribution in [3.05, 3.63) is 59.8 Å². The van der Waals surface area contributed by atoms with Crippen LogP contribution < -0.4 is 14.8 Å². The molecule has 0 aliphatic heterocycles. The van der Waals surface area contributed by atoms with Gasteiger partial charge >= 0.3 is 5.97 Å². The van der Waals surface area contributed by atoms with Crippen LogP contribution in [0.2, 0.25) is 0 Å². The highest BCUT2D eigenvalue weighted by Crippen LogP contribution is 2.34. The molecule has 0 atom stereocenters. The third-order valence-corrected chi connectivity index (χ3v) is 4.60. The summed E-state index contributed by atoms with van der Waals surface area (Å²) in [6.45, 7) is 3.57. The number of nitrogens with one attached hydrogen (secondary N) is 1. The summed E-state index contributed by atoms with van der Waals surface area (Å²) in [6, 6.07) is 12.5. The Balaban J connectivity index is 1.90. The van der Waals surface area contributed by atoms with Crippen LogP contribution in [0.3, 0.4) is 0 Å². The number of fused-ring (bicyclic) bond motifs is 1. The molecule has 2 aromatic carbocycles. The topological polar surface area (TPSA) is 86.8 Å². The minimum atomic E-state index is -0.594. The maximum Gasteiger partial charge on any atom is 0.340 e. The fourth-order valence-electron chi connectivity index (χ4n) is 2.93. The number of amides is 1. The number of para-hydroxylation sites is 1. The Kier molecular flexibility index (Phi) is 6.51. The minimum Gasteiger partial charge on any atom is -0.493 e. The monoisotopic (exact) mass is 408 g/mol. The summed E-state index contributed by atoms with van der Waals surface area (Å²) >= 11 is 0. The average molecular weight is 408 g/mol. The molecule has 30 heavy (non-hydrogen) atoms. The van der Waals surface area contributed by atoms with Crippen LogP contribution in [0.25, 0.3) is 10.9 Å². The molecule has 1 heterocycles. The zero-order valence-electron chi connectivity index (χ0n) is 17.4. The van der Waals surface area contributed by atoms with Crippen LogP contribution in [-0.2, 0) is 16.1 Å². The van der Waals surface area contributed by atoms with Gasteiger partial charge in [0.1, 0.15) is 6.61 Å². The van der Waals surface area contributed by atoms with E-state index >= 15 is 0 Å². The van der Waals surface area contributed by atoms with Gasteiger partial charge in [0.15, 0.2) is 11.5 Å². The molecule has 0 bridgehead atoms. The van der Waals surface area contributed by atoms with Crippen molar-refractivity contribution in [1.82, 2.24) is 4.98 Å². The van der Waals surface area contributed by atoms with Crippen LogP contribution in [0.1, 0.15) is 29.8 Å². The number of rotatable bonds is 7. The van der Waals surface area contributed by atoms with E-state index in [1.54, 1.807) is 26.1 Å². The number of methoxy groups -OCH3 is 2. The van der Waals surface area contributed by atoms with Gasteiger partial charge in [0.2, 0.25) is 5.91 Å². The first-order valence-corrected chi connectivity index (χ1v) is 9.51. The number of benzene rings is 2. The molecule has 1 N–H and O–H groups in total. The van der Waals surface area contributed by atoms with Gasteiger partial charge < -0.3 is 19.5 Å². The van der Waals surface area contributed by atoms with Gasteiger partial charge in [0.25, 0.3) is 0 Å². The van der Waals surface area contributed by atoms with Gasteiger partial charge in [-0.3, -0.25) is 9.78 Å². The Morgan fingerprint density at radius 1 is 1.03 bits per heavy atom. The first-order chi connectivity index (χ1) is 14.4. The molecule has 0 aliphatic rings. The smallest absolute Gasteiger partial charge is 0.340 e. The lowest BCUT2D eigenvalue weighted by molar-refractivity contribution is -0.118. The predicted octanol–water partition coefficient (Wildman–Crippen LogP) is 4.20. The summed E-state index contributed by atoms with van der Waals surface area (Å²) < 4.78 is 16.1. The lowest BCUT2D eigenvalue weighted by Crippen LogP contribution is -2.20. The normalized spacial score (nSPS) is 10.7. The van der Waals surface area contributed by atoms with Crippen LogP contribution in [0.4, 0.5) is 5.69 Å². The second kappa shape index (κ2) is 9.26. The van der Waals surface area contributed by atoms with Crippen molar-refractivity contribution >= 4 is 28.5 Å². The summed E-state index contributed by atoms with van der Waals surface area (Å²) in [5.74, 6) is -0.327. The third-order valence-electron chi connectivity index (χ3n) is 4.60. The molecular formula is C23H24N2O5. The van der Waals surface area contributed by atoms with E-state index in [0.717, 1.165) is 16.5 Å². The summed E-state index contributed by atoms with van der Waals surface area (Å²) in [5, 5.41) is 3.72. The number of hydrogen-bond acceptors (Lipinski definition) is 6. The number of hydrogen-bond donors (Lipinski definition) is 1. The standard InChI is InChI=1S/C23H24N2O5/c1-14(2)22(26)25-18-12-20(29-4)19(28-3)11-17(18)23(27)30-13-16-8-5-7-15-9-6-10-24-21(15)16/h5-12,14H,13H2,1-4H3,(H,25,26). The number of esters is 1. The second-order valence-electron chi connectivity index (χ2n) is 6.97. The molecule has 1 aromatic heterocycles. The molecule has 3 rings (SSSR count). The van der Waals surface area contributed by atoms with Gasteiger partial charge in [-0.15, -0.1) is 0 Å². The van der Waals surface area contributed by atoms with Crippen molar-refractivity contribution in [3.63, 3.8) is 0 Å². The SMILES string of the molecule is COc1cc(NC(=O)C(C)C)c(C(=O)OCc2cccc3cccnc23)cc1OC. The Bertz CT molecular complexity index is 1070. The quantitative estimate of drug-likeness (QED) is 0.590. The molecule has 1 amide bonds. The van der Waals surface area contributed by atoms with Gasteiger partial charge in [-0.1, -0.05) is 38.1 Å². The maximum atomic E-state index is 12.9. The zero-order valence-corrected chi connectivity index (χ0v) is 17.4. The van der Waals surface area contributed by atoms with Crippen LogP contribution in [-0.4, -0.2) is 31.1 Å². The van der Waals surface area contributed by atoms with Crippen LogP contribution in [0.15, 0.2) is 48.7 Å². The number of pyridine rings is 1. The number of aromatic nitrogens is 1. The Labute approximate surface area is 175 Å². The number of carbonyl (C=O) groups is 2. The van der Waals surface area contributed by atoms with E-state index in [-0.39, 0.29) is 24.0 Å². The molecule has 3 aromatic rings. The lowest BCUT2D eigenvalue weighted by Gasteiger charge is -2.16. The molecule has 0 radical (unpaired) electrons. The minimum absolute atomic E-state index is 0.0408. The fraction of sp³-hybridized carbons (Fsp3) is 0.261. The van der Waals surface area contributed by atoms with Gasteiger partial charge in [0, 0.05) is 35.2 Å². The van der Waals surface area contributed by atoms with E-state index < -0.39 is 5.97 Å². The molecule has 7 nitrogen and oxygen atoms in total. The summed E-state index contributed by atoms with van der Waals surface area (Å²) in [4.78, 5) is 29.5. The highest BCUT2D eigenvalue weighted by molar-refractivity contribution is 6.02. The Morgan fingerprint density at radius 3 is 2.43 bits per heavy atom. The fourth-order valence-corrected chi connectivity index (χ4v) is 2.93. The van der Waals surface area contributed by atoms with Crippen LogP contribution in [0, 0.1) is 5.92 Å². The van der Waals surface area contributed by atoms with E-state index in [0.29, 0.717) is 17.2 Å². The van der Waals surface area contributed by atoms with E-state index in [9.17, 15) is 9.59 Å². The summed E-state index contributed by atoms with van der Waals surface area (Å²) in [5.41, 5.74) is 2.03. The number of anilines is 1. The van der Waals surface area contributed by atoms with Crippen molar-refractivity contribution in [2.75, 3.05) is 19.5 Å². The van der Waals surface area contributed by atoms with Crippen molar-refractivity contribution in [1.29, 1.82) is 0 Å². The van der Waals surface area contributed by atoms with E-state index in [2.05, 4.69) is 10.3 Å². The molecule has 0 unspecified atom stereocenters. The molecule has 0 aliphatic carbocycles. The molecule has 156 valence electrons.